The zero-order valence-electron chi connectivity index (χ0n) is 13.4. The summed E-state index contributed by atoms with van der Waals surface area (Å²) in [5.74, 6) is -0.255. The molecule has 1 saturated heterocycles. The monoisotopic (exact) mass is 375 g/mol. The van der Waals surface area contributed by atoms with Crippen molar-refractivity contribution in [3.63, 3.8) is 0 Å². The third kappa shape index (κ3) is 4.62. The van der Waals surface area contributed by atoms with Gasteiger partial charge in [-0.3, -0.25) is 14.9 Å². The van der Waals surface area contributed by atoms with Gasteiger partial charge in [-0.2, -0.15) is 0 Å². The molecule has 0 aliphatic carbocycles. The van der Waals surface area contributed by atoms with Gasteiger partial charge in [-0.25, -0.2) is 0 Å². The normalized spacial score (nSPS) is 14.0. The Morgan fingerprint density at radius 1 is 1.12 bits per heavy atom. The van der Waals surface area contributed by atoms with Gasteiger partial charge in [0.1, 0.15) is 0 Å². The number of benzene rings is 1. The Kier molecular flexibility index (Phi) is 5.75. The zero-order valence-corrected chi connectivity index (χ0v) is 15.0. The van der Waals surface area contributed by atoms with Gasteiger partial charge in [-0.05, 0) is 47.9 Å². The summed E-state index contributed by atoms with van der Waals surface area (Å²) >= 11 is 6.49. The number of anilines is 1. The number of rotatable bonds is 3. The molecule has 8 heteroatoms. The van der Waals surface area contributed by atoms with E-state index in [0.29, 0.717) is 42.4 Å². The van der Waals surface area contributed by atoms with E-state index >= 15 is 0 Å². The molecule has 6 nitrogen and oxygen atoms in total. The molecule has 2 N–H and O–H groups in total. The van der Waals surface area contributed by atoms with Crippen LogP contribution in [0, 0.1) is 0 Å². The third-order valence-electron chi connectivity index (χ3n) is 3.66. The summed E-state index contributed by atoms with van der Waals surface area (Å²) in [6, 6.07) is 10.5. The molecule has 0 spiro atoms. The molecule has 0 radical (unpaired) electrons. The molecule has 1 fully saturated rings. The minimum absolute atomic E-state index is 0.0107. The molecule has 25 heavy (non-hydrogen) atoms. The highest BCUT2D eigenvalue weighted by Crippen LogP contribution is 2.13. The SMILES string of the molecule is O=C(NC(=S)Nc1ccc(C(=O)N2CCOCC2)cc1)c1cccs1. The quantitative estimate of drug-likeness (QED) is 0.806. The van der Waals surface area contributed by atoms with Crippen molar-refractivity contribution in [1.29, 1.82) is 0 Å². The Morgan fingerprint density at radius 2 is 1.84 bits per heavy atom. The molecular weight excluding hydrogens is 358 g/mol. The van der Waals surface area contributed by atoms with Crippen LogP contribution in [0.3, 0.4) is 0 Å². The lowest BCUT2D eigenvalue weighted by molar-refractivity contribution is 0.0303. The van der Waals surface area contributed by atoms with Crippen molar-refractivity contribution in [3.8, 4) is 0 Å². The van der Waals surface area contributed by atoms with Crippen LogP contribution in [0.5, 0.6) is 0 Å². The summed E-state index contributed by atoms with van der Waals surface area (Å²) in [6.45, 7) is 2.36. The first-order valence-electron chi connectivity index (χ1n) is 7.76. The van der Waals surface area contributed by atoms with Gasteiger partial charge in [-0.15, -0.1) is 11.3 Å². The lowest BCUT2D eigenvalue weighted by atomic mass is 10.1. The van der Waals surface area contributed by atoms with Crippen LogP contribution < -0.4 is 10.6 Å². The zero-order chi connectivity index (χ0) is 17.6. The molecule has 1 aromatic heterocycles. The van der Waals surface area contributed by atoms with Crippen LogP contribution in [0.15, 0.2) is 41.8 Å². The number of carbonyl (C=O) groups excluding carboxylic acids is 2. The van der Waals surface area contributed by atoms with Crippen LogP contribution in [-0.2, 0) is 4.74 Å². The van der Waals surface area contributed by atoms with Gasteiger partial charge in [0.2, 0.25) is 0 Å². The van der Waals surface area contributed by atoms with Gasteiger partial charge in [0.15, 0.2) is 5.11 Å². The number of ether oxygens (including phenoxy) is 1. The minimum Gasteiger partial charge on any atom is -0.378 e. The fourth-order valence-electron chi connectivity index (χ4n) is 2.38. The highest BCUT2D eigenvalue weighted by atomic mass is 32.1. The van der Waals surface area contributed by atoms with Crippen molar-refractivity contribution in [1.82, 2.24) is 10.2 Å². The van der Waals surface area contributed by atoms with Gasteiger partial charge < -0.3 is 15.0 Å². The summed E-state index contributed by atoms with van der Waals surface area (Å²) in [4.78, 5) is 26.7. The number of amides is 2. The van der Waals surface area contributed by atoms with Crippen LogP contribution >= 0.6 is 23.6 Å². The van der Waals surface area contributed by atoms with Crippen molar-refractivity contribution in [2.75, 3.05) is 31.6 Å². The molecule has 0 bridgehead atoms. The maximum atomic E-state index is 12.4. The van der Waals surface area contributed by atoms with E-state index in [1.807, 2.05) is 5.38 Å². The Bertz CT molecular complexity index is 754. The van der Waals surface area contributed by atoms with E-state index in [1.165, 1.54) is 11.3 Å². The highest BCUT2D eigenvalue weighted by Gasteiger charge is 2.18. The maximum Gasteiger partial charge on any atom is 0.267 e. The number of thiocarbonyl (C=S) groups is 1. The topological polar surface area (TPSA) is 70.7 Å². The molecule has 1 aliphatic rings. The molecule has 0 saturated carbocycles. The molecule has 2 heterocycles. The highest BCUT2D eigenvalue weighted by molar-refractivity contribution is 7.80. The molecule has 130 valence electrons. The van der Waals surface area contributed by atoms with E-state index in [9.17, 15) is 9.59 Å². The van der Waals surface area contributed by atoms with Gasteiger partial charge in [-0.1, -0.05) is 6.07 Å². The van der Waals surface area contributed by atoms with Crippen LogP contribution in [-0.4, -0.2) is 48.1 Å². The van der Waals surface area contributed by atoms with Crippen LogP contribution in [0.4, 0.5) is 5.69 Å². The number of morpholine rings is 1. The molecular formula is C17H17N3O3S2. The van der Waals surface area contributed by atoms with Gasteiger partial charge in [0.25, 0.3) is 11.8 Å². The molecule has 0 atom stereocenters. The smallest absolute Gasteiger partial charge is 0.267 e. The molecule has 2 aromatic rings. The van der Waals surface area contributed by atoms with E-state index in [2.05, 4.69) is 10.6 Å². The number of hydrogen-bond donors (Lipinski definition) is 2. The van der Waals surface area contributed by atoms with Gasteiger partial charge >= 0.3 is 0 Å². The van der Waals surface area contributed by atoms with Crippen molar-refractivity contribution >= 4 is 46.2 Å². The van der Waals surface area contributed by atoms with E-state index in [4.69, 9.17) is 17.0 Å². The second-order valence-electron chi connectivity index (χ2n) is 5.37. The average Bonchev–Trinajstić information content (AvgIpc) is 3.17. The molecule has 0 unspecified atom stereocenters. The predicted molar refractivity (Wildman–Crippen MR) is 101 cm³/mol. The van der Waals surface area contributed by atoms with Gasteiger partial charge in [0.05, 0.1) is 18.1 Å². The number of thiophene rings is 1. The third-order valence-corrected chi connectivity index (χ3v) is 4.73. The number of carbonyl (C=O) groups is 2. The molecule has 1 aliphatic heterocycles. The summed E-state index contributed by atoms with van der Waals surface area (Å²) in [5.41, 5.74) is 1.32. The van der Waals surface area contributed by atoms with Gasteiger partial charge in [0, 0.05) is 24.3 Å². The van der Waals surface area contributed by atoms with Crippen molar-refractivity contribution in [2.45, 2.75) is 0 Å². The second-order valence-corrected chi connectivity index (χ2v) is 6.72. The number of nitrogens with one attached hydrogen (secondary N) is 2. The first-order valence-corrected chi connectivity index (χ1v) is 9.05. The van der Waals surface area contributed by atoms with E-state index in [-0.39, 0.29) is 16.9 Å². The first-order chi connectivity index (χ1) is 12.1. The Labute approximate surface area is 154 Å². The van der Waals surface area contributed by atoms with E-state index in [1.54, 1.807) is 41.3 Å². The van der Waals surface area contributed by atoms with E-state index in [0.717, 1.165) is 0 Å². The lowest BCUT2D eigenvalue weighted by Crippen LogP contribution is -2.40. The van der Waals surface area contributed by atoms with Crippen LogP contribution in [0.1, 0.15) is 20.0 Å². The fourth-order valence-corrected chi connectivity index (χ4v) is 3.21. The summed E-state index contributed by atoms with van der Waals surface area (Å²) < 4.78 is 5.26. The summed E-state index contributed by atoms with van der Waals surface area (Å²) in [5, 5.41) is 7.60. The molecule has 1 aromatic carbocycles. The van der Waals surface area contributed by atoms with Crippen LogP contribution in [0.25, 0.3) is 0 Å². The molecule has 2 amide bonds. The largest absolute Gasteiger partial charge is 0.378 e. The maximum absolute atomic E-state index is 12.4. The predicted octanol–water partition coefficient (Wildman–Crippen LogP) is 2.35. The lowest BCUT2D eigenvalue weighted by Gasteiger charge is -2.26. The summed E-state index contributed by atoms with van der Waals surface area (Å²) in [6.07, 6.45) is 0. The Morgan fingerprint density at radius 3 is 2.48 bits per heavy atom. The van der Waals surface area contributed by atoms with Crippen LogP contribution in [0.2, 0.25) is 0 Å². The van der Waals surface area contributed by atoms with Crippen molar-refractivity contribution in [3.05, 3.63) is 52.2 Å². The second kappa shape index (κ2) is 8.19. The van der Waals surface area contributed by atoms with E-state index < -0.39 is 0 Å². The van der Waals surface area contributed by atoms with Crippen molar-refractivity contribution in [2.24, 2.45) is 0 Å². The number of nitrogens with zero attached hydrogens (tertiary/aromatic N) is 1. The average molecular weight is 375 g/mol. The molecule has 3 rings (SSSR count). The Balaban J connectivity index is 1.56. The summed E-state index contributed by atoms with van der Waals surface area (Å²) in [7, 11) is 0. The fraction of sp³-hybridized carbons (Fsp3) is 0.235. The van der Waals surface area contributed by atoms with Crippen molar-refractivity contribution < 1.29 is 14.3 Å². The standard InChI is InChI=1S/C17H17N3O3S2/c21-15(14-2-1-11-25-14)19-17(24)18-13-5-3-12(4-6-13)16(22)20-7-9-23-10-8-20/h1-6,11H,7-10H2,(H2,18,19,21,24). The number of hydrogen-bond acceptors (Lipinski definition) is 5. The first kappa shape index (κ1) is 17.5. The minimum atomic E-state index is -0.244. The Hall–Kier alpha value is -2.29.